The van der Waals surface area contributed by atoms with E-state index >= 15 is 0 Å². The number of pyridine rings is 3. The number of fused-ring (bicyclic) bond motifs is 2. The minimum atomic E-state index is 0. The van der Waals surface area contributed by atoms with Crippen molar-refractivity contribution in [2.24, 2.45) is 0 Å². The van der Waals surface area contributed by atoms with Gasteiger partial charge in [-0.3, -0.25) is 15.0 Å². The van der Waals surface area contributed by atoms with Gasteiger partial charge in [0.2, 0.25) is 0 Å². The molecule has 0 aliphatic carbocycles. The third-order valence-electron chi connectivity index (χ3n) is 7.82. The molecule has 0 atom stereocenters. The topological polar surface area (TPSA) is 76.7 Å². The van der Waals surface area contributed by atoms with Crippen molar-refractivity contribution < 1.29 is 26.2 Å². The fourth-order valence-electron chi connectivity index (χ4n) is 5.68. The van der Waals surface area contributed by atoms with Crippen molar-refractivity contribution in [3.05, 3.63) is 121 Å². The average molecular weight is 756 g/mol. The van der Waals surface area contributed by atoms with Gasteiger partial charge in [0.05, 0.1) is 23.1 Å². The molecule has 0 unspecified atom stereocenters. The number of imidazole rings is 1. The van der Waals surface area contributed by atoms with E-state index in [-0.39, 0.29) is 32.2 Å². The summed E-state index contributed by atoms with van der Waals surface area (Å²) in [5.41, 5.74) is 10.0. The molecule has 0 aliphatic rings. The third-order valence-corrected chi connectivity index (χ3v) is 7.82. The van der Waals surface area contributed by atoms with Gasteiger partial charge in [-0.05, 0) is 66.0 Å². The second kappa shape index (κ2) is 11.4. The number of rotatable bonds is 4. The van der Waals surface area contributed by atoms with Crippen LogP contribution in [0.5, 0.6) is 5.75 Å². The molecule has 0 fully saturated rings. The summed E-state index contributed by atoms with van der Waals surface area (Å²) in [6, 6.07) is 28.4. The SMILES string of the molecule is Cc1cc(-c2[c-]c(-c3nc4c(-c5ccncc5O)cccc4n3-c3ccc(C(C)(C)C)cc3)cnc2)c2ncccc2c1.[Pt]. The molecule has 0 saturated carbocycles. The molecule has 7 rings (SSSR count). The number of aromatic hydroxyl groups is 1. The van der Waals surface area contributed by atoms with Crippen molar-refractivity contribution in [1.29, 1.82) is 0 Å². The van der Waals surface area contributed by atoms with Gasteiger partial charge in [-0.25, -0.2) is 0 Å². The van der Waals surface area contributed by atoms with Crippen molar-refractivity contribution in [1.82, 2.24) is 24.5 Å². The zero-order valence-corrected chi connectivity index (χ0v) is 27.1. The normalized spacial score (nSPS) is 11.5. The summed E-state index contributed by atoms with van der Waals surface area (Å²) < 4.78 is 2.15. The molecule has 0 saturated heterocycles. The first-order chi connectivity index (χ1) is 20.8. The zero-order valence-electron chi connectivity index (χ0n) is 24.8. The smallest absolute Gasteiger partial charge is 0.141 e. The summed E-state index contributed by atoms with van der Waals surface area (Å²) in [4.78, 5) is 18.6. The number of hydrogen-bond donors (Lipinski definition) is 1. The van der Waals surface area contributed by atoms with E-state index in [1.807, 2.05) is 36.7 Å². The maximum atomic E-state index is 10.7. The Morgan fingerprint density at radius 1 is 0.750 bits per heavy atom. The Balaban J connectivity index is 0.00000343. The Morgan fingerprint density at radius 2 is 1.55 bits per heavy atom. The first-order valence-corrected chi connectivity index (χ1v) is 14.3. The van der Waals surface area contributed by atoms with Crippen LogP contribution in [0.25, 0.3) is 61.3 Å². The standard InChI is InChI=1S/C37H30N5O.Pt/c1-23-17-24-7-6-15-40-34(24)31(18-23)25-19-26(21-39-20-25)36-41-35-30(29-14-16-38-22-33(29)43)8-5-9-32(35)42(36)28-12-10-27(11-13-28)37(2,3)4;/h5-18,20-22,43H,1-4H3;/q-1;. The number of nitrogens with zero attached hydrogens (tertiary/aromatic N) is 5. The molecule has 0 radical (unpaired) electrons. The molecular formula is C37H30N5OPt-. The van der Waals surface area contributed by atoms with Crippen LogP contribution in [0, 0.1) is 13.0 Å². The van der Waals surface area contributed by atoms with Crippen LogP contribution in [-0.2, 0) is 26.5 Å². The second-order valence-corrected chi connectivity index (χ2v) is 11.9. The Labute approximate surface area is 270 Å². The van der Waals surface area contributed by atoms with Gasteiger partial charge in [-0.15, -0.1) is 6.07 Å². The molecule has 0 amide bonds. The van der Waals surface area contributed by atoms with E-state index in [0.29, 0.717) is 11.4 Å². The van der Waals surface area contributed by atoms with E-state index < -0.39 is 0 Å². The van der Waals surface area contributed by atoms with Crippen LogP contribution in [0.3, 0.4) is 0 Å². The Morgan fingerprint density at radius 3 is 2.32 bits per heavy atom. The molecule has 220 valence electrons. The van der Waals surface area contributed by atoms with Crippen LogP contribution < -0.4 is 0 Å². The molecule has 0 spiro atoms. The van der Waals surface area contributed by atoms with Gasteiger partial charge >= 0.3 is 0 Å². The van der Waals surface area contributed by atoms with Gasteiger partial charge < -0.3 is 14.7 Å². The van der Waals surface area contributed by atoms with Gasteiger partial charge in [0.1, 0.15) is 5.75 Å². The number of hydrogen-bond acceptors (Lipinski definition) is 5. The molecular weight excluding hydrogens is 726 g/mol. The molecule has 6 nitrogen and oxygen atoms in total. The predicted octanol–water partition coefficient (Wildman–Crippen LogP) is 8.47. The molecule has 1 N–H and O–H groups in total. The van der Waals surface area contributed by atoms with Gasteiger partial charge in [-0.1, -0.05) is 85.5 Å². The molecule has 7 aromatic rings. The predicted molar refractivity (Wildman–Crippen MR) is 172 cm³/mol. The maximum absolute atomic E-state index is 10.7. The molecule has 3 aromatic carbocycles. The second-order valence-electron chi connectivity index (χ2n) is 11.9. The van der Waals surface area contributed by atoms with Crippen LogP contribution in [0.4, 0.5) is 0 Å². The number of benzene rings is 3. The first kappa shape index (κ1) is 29.4. The average Bonchev–Trinajstić information content (AvgIpc) is 3.41. The van der Waals surface area contributed by atoms with E-state index in [1.165, 1.54) is 11.8 Å². The monoisotopic (exact) mass is 755 g/mol. The molecule has 7 heteroatoms. The van der Waals surface area contributed by atoms with Crippen molar-refractivity contribution in [3.8, 4) is 45.1 Å². The van der Waals surface area contributed by atoms with Crippen molar-refractivity contribution in [3.63, 3.8) is 0 Å². The van der Waals surface area contributed by atoms with Crippen molar-refractivity contribution >= 4 is 21.9 Å². The Bertz CT molecular complexity index is 2150. The van der Waals surface area contributed by atoms with E-state index in [9.17, 15) is 5.11 Å². The van der Waals surface area contributed by atoms with Gasteiger partial charge in [-0.2, -0.15) is 0 Å². The zero-order chi connectivity index (χ0) is 29.7. The fraction of sp³-hybridized carbons (Fsp3) is 0.135. The summed E-state index contributed by atoms with van der Waals surface area (Å²) in [6.45, 7) is 8.72. The molecule has 4 heterocycles. The summed E-state index contributed by atoms with van der Waals surface area (Å²) in [6.07, 6.45) is 8.59. The van der Waals surface area contributed by atoms with Crippen LogP contribution in [-0.4, -0.2) is 29.6 Å². The number of aromatic nitrogens is 5. The van der Waals surface area contributed by atoms with E-state index in [2.05, 4.69) is 102 Å². The van der Waals surface area contributed by atoms with E-state index in [4.69, 9.17) is 4.98 Å². The van der Waals surface area contributed by atoms with Gasteiger partial charge in [0.15, 0.2) is 0 Å². The van der Waals surface area contributed by atoms with Gasteiger partial charge in [0, 0.05) is 55.8 Å². The Kier molecular flexibility index (Phi) is 7.64. The quantitative estimate of drug-likeness (QED) is 0.183. The largest absolute Gasteiger partial charge is 0.506 e. The summed E-state index contributed by atoms with van der Waals surface area (Å²) >= 11 is 0. The van der Waals surface area contributed by atoms with Crippen LogP contribution in [0.1, 0.15) is 31.9 Å². The van der Waals surface area contributed by atoms with Crippen LogP contribution >= 0.6 is 0 Å². The molecule has 44 heavy (non-hydrogen) atoms. The van der Waals surface area contributed by atoms with Crippen LogP contribution in [0.15, 0.2) is 104 Å². The summed E-state index contributed by atoms with van der Waals surface area (Å²) in [5.74, 6) is 0.813. The minimum Gasteiger partial charge on any atom is -0.506 e. The molecule has 4 aromatic heterocycles. The number of para-hydroxylation sites is 1. The first-order valence-electron chi connectivity index (χ1n) is 14.3. The van der Waals surface area contributed by atoms with Crippen molar-refractivity contribution in [2.75, 3.05) is 0 Å². The Hall–Kier alpha value is -4.67. The number of aryl methyl sites for hydroxylation is 1. The van der Waals surface area contributed by atoms with Crippen LogP contribution in [0.2, 0.25) is 0 Å². The maximum Gasteiger partial charge on any atom is 0.141 e. The summed E-state index contributed by atoms with van der Waals surface area (Å²) in [5, 5.41) is 11.8. The van der Waals surface area contributed by atoms with Crippen molar-refractivity contribution in [2.45, 2.75) is 33.1 Å². The van der Waals surface area contributed by atoms with Gasteiger partial charge in [0.25, 0.3) is 0 Å². The minimum absolute atomic E-state index is 0. The van der Waals surface area contributed by atoms with E-state index in [0.717, 1.165) is 55.4 Å². The summed E-state index contributed by atoms with van der Waals surface area (Å²) in [7, 11) is 0. The fourth-order valence-corrected chi connectivity index (χ4v) is 5.68. The van der Waals surface area contributed by atoms with E-state index in [1.54, 1.807) is 12.4 Å². The molecule has 0 bridgehead atoms. The molecule has 0 aliphatic heterocycles. The third kappa shape index (κ3) is 5.20.